The van der Waals surface area contributed by atoms with Gasteiger partial charge in [-0.05, 0) is 54.8 Å². The summed E-state index contributed by atoms with van der Waals surface area (Å²) in [6.07, 6.45) is 5.35. The largest absolute Gasteiger partial charge is 0.487 e. The van der Waals surface area contributed by atoms with Crippen LogP contribution in [0.5, 0.6) is 5.75 Å². The normalized spacial score (nSPS) is 13.2. The van der Waals surface area contributed by atoms with Crippen molar-refractivity contribution in [2.24, 2.45) is 0 Å². The van der Waals surface area contributed by atoms with Crippen molar-refractivity contribution < 1.29 is 9.13 Å². The number of ether oxygens (including phenoxy) is 1. The number of nitrogens with one attached hydrogen (secondary N) is 2. The first-order valence-corrected chi connectivity index (χ1v) is 12.2. The van der Waals surface area contributed by atoms with Crippen molar-refractivity contribution in [3.8, 4) is 17.6 Å². The van der Waals surface area contributed by atoms with E-state index in [0.29, 0.717) is 29.2 Å². The maximum atomic E-state index is 13.4. The Morgan fingerprint density at radius 3 is 2.85 bits per heavy atom. The highest BCUT2D eigenvalue weighted by atomic mass is 35.5. The maximum Gasteiger partial charge on any atom is 0.142 e. The molecule has 1 saturated carbocycles. The van der Waals surface area contributed by atoms with E-state index in [1.165, 1.54) is 37.7 Å². The number of aromatic nitrogens is 2. The van der Waals surface area contributed by atoms with Gasteiger partial charge < -0.3 is 15.4 Å². The van der Waals surface area contributed by atoms with Gasteiger partial charge in [-0.25, -0.2) is 14.4 Å². The minimum absolute atomic E-state index is 0.228. The molecule has 4 aromatic rings. The third-order valence-corrected chi connectivity index (χ3v) is 6.86. The monoisotopic (exact) mass is 492 g/mol. The molecule has 0 unspecified atom stereocenters. The number of thiophene rings is 1. The molecule has 0 radical (unpaired) electrons. The fraction of sp³-hybridized carbons (Fsp3) is 0.231. The van der Waals surface area contributed by atoms with Gasteiger partial charge >= 0.3 is 0 Å². The van der Waals surface area contributed by atoms with Gasteiger partial charge in [0.05, 0.1) is 21.8 Å². The first kappa shape index (κ1) is 22.6. The minimum atomic E-state index is -0.296. The summed E-state index contributed by atoms with van der Waals surface area (Å²) in [4.78, 5) is 10.6. The summed E-state index contributed by atoms with van der Waals surface area (Å²) in [5, 5.41) is 8.12. The molecule has 5 nitrogen and oxygen atoms in total. The summed E-state index contributed by atoms with van der Waals surface area (Å²) in [6, 6.07) is 14.3. The molecule has 2 aromatic heterocycles. The van der Waals surface area contributed by atoms with E-state index in [9.17, 15) is 4.39 Å². The number of hydrogen-bond acceptors (Lipinski definition) is 6. The Bertz CT molecular complexity index is 1380. The lowest BCUT2D eigenvalue weighted by atomic mass is 9.93. The second-order valence-corrected chi connectivity index (χ2v) is 9.49. The van der Waals surface area contributed by atoms with Gasteiger partial charge in [-0.2, -0.15) is 0 Å². The van der Waals surface area contributed by atoms with Crippen molar-refractivity contribution in [2.45, 2.75) is 31.9 Å². The number of hydrogen-bond donors (Lipinski definition) is 2. The van der Waals surface area contributed by atoms with E-state index in [0.717, 1.165) is 26.3 Å². The number of benzene rings is 2. The van der Waals surface area contributed by atoms with Gasteiger partial charge in [-0.1, -0.05) is 42.0 Å². The molecule has 0 spiro atoms. The Morgan fingerprint density at radius 2 is 2.06 bits per heavy atom. The standard InChI is InChI=1S/C26H22ClFN4OS/c27-23-13-20(9-10-24(23)33-15-17-4-1-5-18(28)12-17)32-25-22-14-21(34-26(22)31-16-30-25)8-3-11-29-19-6-2-7-19/h1,4-5,9-10,12-14,16,19,29H,2,6-7,11,15H2,(H,30,31,32). The Kier molecular flexibility index (Phi) is 6.91. The van der Waals surface area contributed by atoms with E-state index < -0.39 is 0 Å². The van der Waals surface area contributed by atoms with Crippen molar-refractivity contribution in [1.82, 2.24) is 15.3 Å². The van der Waals surface area contributed by atoms with Gasteiger partial charge in [0.25, 0.3) is 0 Å². The predicted octanol–water partition coefficient (Wildman–Crippen LogP) is 6.30. The van der Waals surface area contributed by atoms with Crippen LogP contribution < -0.4 is 15.4 Å². The average molecular weight is 493 g/mol. The highest BCUT2D eigenvalue weighted by molar-refractivity contribution is 7.19. The Morgan fingerprint density at radius 1 is 1.15 bits per heavy atom. The van der Waals surface area contributed by atoms with E-state index in [2.05, 4.69) is 32.4 Å². The zero-order valence-corrected chi connectivity index (χ0v) is 19.8. The summed E-state index contributed by atoms with van der Waals surface area (Å²) < 4.78 is 19.1. The molecule has 2 aromatic carbocycles. The zero-order valence-electron chi connectivity index (χ0n) is 18.3. The third-order valence-electron chi connectivity index (χ3n) is 5.60. The van der Waals surface area contributed by atoms with Crippen LogP contribution in [-0.2, 0) is 6.61 Å². The molecule has 0 amide bonds. The SMILES string of the molecule is Fc1cccc(COc2ccc(Nc3ncnc4sc(C#CCNC5CCC5)cc34)cc2Cl)c1. The summed E-state index contributed by atoms with van der Waals surface area (Å²) in [5.74, 6) is 7.34. The average Bonchev–Trinajstić information content (AvgIpc) is 3.21. The Balaban J connectivity index is 1.26. The quantitative estimate of drug-likeness (QED) is 0.296. The van der Waals surface area contributed by atoms with Gasteiger partial charge in [0.1, 0.15) is 35.1 Å². The fourth-order valence-corrected chi connectivity index (χ4v) is 4.68. The van der Waals surface area contributed by atoms with Crippen LogP contribution in [0.3, 0.4) is 0 Å². The van der Waals surface area contributed by atoms with Crippen LogP contribution in [0.4, 0.5) is 15.9 Å². The van der Waals surface area contributed by atoms with Crippen LogP contribution in [0.15, 0.2) is 54.9 Å². The molecular weight excluding hydrogens is 471 g/mol. The molecule has 5 rings (SSSR count). The molecular formula is C26H22ClFN4OS. The number of rotatable bonds is 7. The number of fused-ring (bicyclic) bond motifs is 1. The number of anilines is 2. The van der Waals surface area contributed by atoms with Gasteiger partial charge in [-0.3, -0.25) is 0 Å². The molecule has 172 valence electrons. The second kappa shape index (κ2) is 10.4. The van der Waals surface area contributed by atoms with E-state index in [4.69, 9.17) is 16.3 Å². The summed E-state index contributed by atoms with van der Waals surface area (Å²) in [7, 11) is 0. The molecule has 0 bridgehead atoms. The van der Waals surface area contributed by atoms with Gasteiger partial charge in [0.15, 0.2) is 0 Å². The lowest BCUT2D eigenvalue weighted by Gasteiger charge is -2.25. The smallest absolute Gasteiger partial charge is 0.142 e. The van der Waals surface area contributed by atoms with E-state index in [1.54, 1.807) is 35.6 Å². The molecule has 8 heteroatoms. The highest BCUT2D eigenvalue weighted by Gasteiger charge is 2.15. The first-order chi connectivity index (χ1) is 16.6. The Hall–Kier alpha value is -3.18. The van der Waals surface area contributed by atoms with Crippen LogP contribution in [0.2, 0.25) is 5.02 Å². The summed E-state index contributed by atoms with van der Waals surface area (Å²) in [6.45, 7) is 0.924. The van der Waals surface area contributed by atoms with Crippen LogP contribution in [-0.4, -0.2) is 22.6 Å². The van der Waals surface area contributed by atoms with Crippen molar-refractivity contribution >= 4 is 44.7 Å². The second-order valence-electron chi connectivity index (χ2n) is 8.05. The van der Waals surface area contributed by atoms with Crippen molar-refractivity contribution in [3.05, 3.63) is 76.1 Å². The van der Waals surface area contributed by atoms with Crippen LogP contribution in [0.25, 0.3) is 10.2 Å². The Labute approximate surface area is 206 Å². The van der Waals surface area contributed by atoms with Crippen molar-refractivity contribution in [3.63, 3.8) is 0 Å². The number of halogens is 2. The third kappa shape index (κ3) is 5.48. The molecule has 2 N–H and O–H groups in total. The maximum absolute atomic E-state index is 13.4. The fourth-order valence-electron chi connectivity index (χ4n) is 3.58. The molecule has 1 fully saturated rings. The van der Waals surface area contributed by atoms with Gasteiger partial charge in [0, 0.05) is 11.7 Å². The summed E-state index contributed by atoms with van der Waals surface area (Å²) in [5.41, 5.74) is 1.50. The molecule has 2 heterocycles. The van der Waals surface area contributed by atoms with E-state index in [-0.39, 0.29) is 12.4 Å². The lowest BCUT2D eigenvalue weighted by Crippen LogP contribution is -2.35. The van der Waals surface area contributed by atoms with Crippen LogP contribution in [0.1, 0.15) is 29.7 Å². The van der Waals surface area contributed by atoms with Gasteiger partial charge in [-0.15, -0.1) is 11.3 Å². The zero-order chi connectivity index (χ0) is 23.3. The van der Waals surface area contributed by atoms with Crippen molar-refractivity contribution in [1.29, 1.82) is 0 Å². The molecule has 1 aliphatic rings. The highest BCUT2D eigenvalue weighted by Crippen LogP contribution is 2.33. The topological polar surface area (TPSA) is 59.1 Å². The van der Waals surface area contributed by atoms with Gasteiger partial charge in [0.2, 0.25) is 0 Å². The molecule has 0 atom stereocenters. The van der Waals surface area contributed by atoms with Crippen molar-refractivity contribution in [2.75, 3.05) is 11.9 Å². The molecule has 0 saturated heterocycles. The predicted molar refractivity (Wildman–Crippen MR) is 135 cm³/mol. The minimum Gasteiger partial charge on any atom is -0.487 e. The molecule has 0 aliphatic heterocycles. The molecule has 1 aliphatic carbocycles. The van der Waals surface area contributed by atoms with E-state index in [1.807, 2.05) is 12.1 Å². The molecule has 34 heavy (non-hydrogen) atoms. The van der Waals surface area contributed by atoms with Crippen LogP contribution in [0, 0.1) is 17.7 Å². The summed E-state index contributed by atoms with van der Waals surface area (Å²) >= 11 is 7.98. The number of nitrogens with zero attached hydrogens (tertiary/aromatic N) is 2. The van der Waals surface area contributed by atoms with E-state index >= 15 is 0 Å². The first-order valence-electron chi connectivity index (χ1n) is 11.0. The van der Waals surface area contributed by atoms with Crippen LogP contribution >= 0.6 is 22.9 Å². The lowest BCUT2D eigenvalue weighted by molar-refractivity contribution is 0.306.